The number of rotatable bonds is 3. The molecule has 1 aromatic carbocycles. The molecule has 2 atom stereocenters. The van der Waals surface area contributed by atoms with E-state index in [-0.39, 0.29) is 17.3 Å². The van der Waals surface area contributed by atoms with E-state index in [0.29, 0.717) is 24.2 Å². The first kappa shape index (κ1) is 22.6. The second-order valence-electron chi connectivity index (χ2n) is 7.64. The van der Waals surface area contributed by atoms with Gasteiger partial charge in [0.1, 0.15) is 5.60 Å². The number of carbonyl (C=O) groups excluding carboxylic acids is 2. The second-order valence-corrected chi connectivity index (χ2v) is 8.02. The quantitative estimate of drug-likeness (QED) is 0.681. The minimum atomic E-state index is -0.869. The number of alkyl carbamates (subject to hydrolysis) is 1. The fourth-order valence-electron chi connectivity index (χ4n) is 2.94. The van der Waals surface area contributed by atoms with Crippen LogP contribution in [0.4, 0.5) is 21.0 Å². The van der Waals surface area contributed by atoms with Gasteiger partial charge in [-0.1, -0.05) is 11.6 Å². The summed E-state index contributed by atoms with van der Waals surface area (Å²) >= 11 is 6.48. The fraction of sp³-hybridized carbons (Fsp3) is 0.526. The average Bonchev–Trinajstić information content (AvgIpc) is 2.63. The van der Waals surface area contributed by atoms with Crippen molar-refractivity contribution in [3.63, 3.8) is 0 Å². The molecule has 0 radical (unpaired) electrons. The van der Waals surface area contributed by atoms with E-state index in [0.717, 1.165) is 0 Å². The van der Waals surface area contributed by atoms with Gasteiger partial charge in [-0.05, 0) is 39.3 Å². The molecule has 10 heteroatoms. The van der Waals surface area contributed by atoms with E-state index in [9.17, 15) is 20.0 Å². The molecule has 2 amide bonds. The smallest absolute Gasteiger partial charge is 0.412 e. The number of aliphatic hydroxyl groups is 1. The van der Waals surface area contributed by atoms with Crippen LogP contribution in [0.5, 0.6) is 0 Å². The Hall–Kier alpha value is -2.70. The SMILES string of the molecule is COC(=O)N[C@@H]1CCN(c2cc(C#N)cc(NC(=O)OC(C)(C)C)c2Cl)C[C@H]1O. The molecule has 0 saturated carbocycles. The van der Waals surface area contributed by atoms with Gasteiger partial charge in [-0.2, -0.15) is 5.26 Å². The summed E-state index contributed by atoms with van der Waals surface area (Å²) in [6.45, 7) is 5.85. The number of nitriles is 1. The van der Waals surface area contributed by atoms with Crippen molar-refractivity contribution >= 4 is 35.2 Å². The summed E-state index contributed by atoms with van der Waals surface area (Å²) in [5.74, 6) is 0. The number of halogens is 1. The van der Waals surface area contributed by atoms with Gasteiger partial charge in [-0.15, -0.1) is 0 Å². The molecule has 2 rings (SSSR count). The fourth-order valence-corrected chi connectivity index (χ4v) is 3.21. The van der Waals surface area contributed by atoms with Crippen LogP contribution in [0.2, 0.25) is 5.02 Å². The lowest BCUT2D eigenvalue weighted by atomic mass is 10.0. The minimum absolute atomic E-state index is 0.176. The molecule has 158 valence electrons. The Kier molecular flexibility index (Phi) is 7.16. The van der Waals surface area contributed by atoms with E-state index in [2.05, 4.69) is 15.4 Å². The molecule has 0 aromatic heterocycles. The second kappa shape index (κ2) is 9.20. The van der Waals surface area contributed by atoms with Gasteiger partial charge in [-0.25, -0.2) is 9.59 Å². The predicted molar refractivity (Wildman–Crippen MR) is 108 cm³/mol. The zero-order valence-electron chi connectivity index (χ0n) is 16.8. The van der Waals surface area contributed by atoms with Crippen molar-refractivity contribution in [2.45, 2.75) is 44.9 Å². The maximum Gasteiger partial charge on any atom is 0.412 e. The lowest BCUT2D eigenvalue weighted by Crippen LogP contribution is -2.54. The van der Waals surface area contributed by atoms with Gasteiger partial charge in [0.2, 0.25) is 0 Å². The summed E-state index contributed by atoms with van der Waals surface area (Å²) in [5.41, 5.74) is 0.330. The number of hydrogen-bond donors (Lipinski definition) is 3. The summed E-state index contributed by atoms with van der Waals surface area (Å²) < 4.78 is 9.80. The third-order valence-electron chi connectivity index (χ3n) is 4.23. The van der Waals surface area contributed by atoms with Crippen molar-refractivity contribution in [2.75, 3.05) is 30.4 Å². The molecule has 29 heavy (non-hydrogen) atoms. The van der Waals surface area contributed by atoms with Gasteiger partial charge >= 0.3 is 12.2 Å². The molecule has 1 heterocycles. The lowest BCUT2D eigenvalue weighted by Gasteiger charge is -2.38. The molecule has 0 aliphatic carbocycles. The maximum absolute atomic E-state index is 12.1. The number of anilines is 2. The Bertz CT molecular complexity index is 818. The van der Waals surface area contributed by atoms with Gasteiger partial charge in [0.25, 0.3) is 0 Å². The van der Waals surface area contributed by atoms with Crippen molar-refractivity contribution in [2.24, 2.45) is 0 Å². The zero-order chi connectivity index (χ0) is 21.8. The van der Waals surface area contributed by atoms with Crippen LogP contribution in [0.15, 0.2) is 12.1 Å². The van der Waals surface area contributed by atoms with Crippen LogP contribution >= 0.6 is 11.6 Å². The maximum atomic E-state index is 12.1. The van der Waals surface area contributed by atoms with E-state index < -0.39 is 29.9 Å². The molecule has 3 N–H and O–H groups in total. The summed E-state index contributed by atoms with van der Waals surface area (Å²) in [4.78, 5) is 25.3. The minimum Gasteiger partial charge on any atom is -0.453 e. The number of amides is 2. The standard InChI is InChI=1S/C19H25ClN4O5/c1-19(2,3)29-18(27)23-13-7-11(9-21)8-14(16(13)20)24-6-5-12(15(25)10-24)22-17(26)28-4/h7-8,12,15,25H,5-6,10H2,1-4H3,(H,22,26)(H,23,27)/t12-,15-/m1/s1. The number of β-amino-alcohol motifs (C(OH)–C–C–N with tert-alkyl or cyclic N) is 1. The van der Waals surface area contributed by atoms with Gasteiger partial charge in [0.05, 0.1) is 47.3 Å². The summed E-state index contributed by atoms with van der Waals surface area (Å²) in [7, 11) is 1.25. The van der Waals surface area contributed by atoms with Gasteiger partial charge in [-0.3, -0.25) is 5.32 Å². The van der Waals surface area contributed by atoms with Gasteiger partial charge < -0.3 is 24.8 Å². The molecule has 0 spiro atoms. The molecule has 1 fully saturated rings. The van der Waals surface area contributed by atoms with Crippen molar-refractivity contribution in [1.29, 1.82) is 5.26 Å². The highest BCUT2D eigenvalue weighted by Crippen LogP contribution is 2.36. The lowest BCUT2D eigenvalue weighted by molar-refractivity contribution is 0.0636. The third-order valence-corrected chi connectivity index (χ3v) is 4.63. The highest BCUT2D eigenvalue weighted by molar-refractivity contribution is 6.36. The largest absolute Gasteiger partial charge is 0.453 e. The van der Waals surface area contributed by atoms with E-state index in [1.54, 1.807) is 31.7 Å². The molecule has 0 unspecified atom stereocenters. The molecule has 9 nitrogen and oxygen atoms in total. The normalized spacial score (nSPS) is 19.1. The van der Waals surface area contributed by atoms with Crippen LogP contribution in [0.25, 0.3) is 0 Å². The topological polar surface area (TPSA) is 124 Å². The summed E-state index contributed by atoms with van der Waals surface area (Å²) in [5, 5.41) is 25.1. The Balaban J connectivity index is 2.22. The van der Waals surface area contributed by atoms with E-state index in [1.165, 1.54) is 13.2 Å². The number of nitrogens with one attached hydrogen (secondary N) is 2. The Morgan fingerprint density at radius 1 is 1.34 bits per heavy atom. The highest BCUT2D eigenvalue weighted by Gasteiger charge is 2.31. The van der Waals surface area contributed by atoms with Crippen LogP contribution in [-0.4, -0.2) is 55.2 Å². The van der Waals surface area contributed by atoms with Crippen molar-refractivity contribution in [3.05, 3.63) is 22.7 Å². The van der Waals surface area contributed by atoms with Crippen LogP contribution < -0.4 is 15.5 Å². The number of hydrogen-bond acceptors (Lipinski definition) is 7. The number of nitrogens with zero attached hydrogens (tertiary/aromatic N) is 2. The number of piperidine rings is 1. The number of methoxy groups -OCH3 is 1. The monoisotopic (exact) mass is 424 g/mol. The van der Waals surface area contributed by atoms with Crippen LogP contribution in [0.3, 0.4) is 0 Å². The molecule has 1 aliphatic heterocycles. The summed E-state index contributed by atoms with van der Waals surface area (Å²) in [6.07, 6.45) is -1.73. The number of ether oxygens (including phenoxy) is 2. The third kappa shape index (κ3) is 6.14. The molecular weight excluding hydrogens is 400 g/mol. The van der Waals surface area contributed by atoms with E-state index in [1.807, 2.05) is 6.07 Å². The van der Waals surface area contributed by atoms with Gasteiger partial charge in [0.15, 0.2) is 0 Å². The first-order chi connectivity index (χ1) is 13.5. The van der Waals surface area contributed by atoms with Gasteiger partial charge in [0, 0.05) is 13.1 Å². The molecule has 1 aliphatic rings. The summed E-state index contributed by atoms with van der Waals surface area (Å²) in [6, 6.07) is 4.62. The van der Waals surface area contributed by atoms with Crippen LogP contribution in [-0.2, 0) is 9.47 Å². The predicted octanol–water partition coefficient (Wildman–Crippen LogP) is 2.85. The Morgan fingerprint density at radius 3 is 2.59 bits per heavy atom. The Morgan fingerprint density at radius 2 is 2.03 bits per heavy atom. The zero-order valence-corrected chi connectivity index (χ0v) is 17.5. The first-order valence-electron chi connectivity index (χ1n) is 9.05. The number of benzene rings is 1. The van der Waals surface area contributed by atoms with Crippen LogP contribution in [0.1, 0.15) is 32.8 Å². The van der Waals surface area contributed by atoms with Crippen molar-refractivity contribution < 1.29 is 24.2 Å². The molecule has 1 aromatic rings. The van der Waals surface area contributed by atoms with E-state index >= 15 is 0 Å². The van der Waals surface area contributed by atoms with Crippen molar-refractivity contribution in [3.8, 4) is 6.07 Å². The average molecular weight is 425 g/mol. The molecular formula is C19H25ClN4O5. The highest BCUT2D eigenvalue weighted by atomic mass is 35.5. The van der Waals surface area contributed by atoms with Crippen LogP contribution in [0, 0.1) is 11.3 Å². The van der Waals surface area contributed by atoms with Crippen molar-refractivity contribution in [1.82, 2.24) is 5.32 Å². The molecule has 0 bridgehead atoms. The number of aliphatic hydroxyl groups excluding tert-OH is 1. The molecule has 1 saturated heterocycles. The number of carbonyl (C=O) groups is 2. The first-order valence-corrected chi connectivity index (χ1v) is 9.43. The van der Waals surface area contributed by atoms with E-state index in [4.69, 9.17) is 16.3 Å². The Labute approximate surface area is 174 Å².